The van der Waals surface area contributed by atoms with E-state index in [-0.39, 0.29) is 11.7 Å². The molecule has 0 bridgehead atoms. The molecule has 0 saturated heterocycles. The maximum Gasteiger partial charge on any atom is 0.246 e. The molecule has 0 spiro atoms. The molecule has 0 radical (unpaired) electrons. The lowest BCUT2D eigenvalue weighted by molar-refractivity contribution is 0.446. The van der Waals surface area contributed by atoms with Gasteiger partial charge in [-0.1, -0.05) is 12.1 Å². The Labute approximate surface area is 171 Å². The molecule has 1 aliphatic heterocycles. The first-order valence-corrected chi connectivity index (χ1v) is 9.72. The van der Waals surface area contributed by atoms with Crippen LogP contribution in [0.15, 0.2) is 48.8 Å². The van der Waals surface area contributed by atoms with Crippen LogP contribution in [0, 0.1) is 18.6 Å². The van der Waals surface area contributed by atoms with E-state index in [1.54, 1.807) is 31.2 Å². The average molecular weight is 407 g/mol. The minimum atomic E-state index is -0.429. The second-order valence-electron chi connectivity index (χ2n) is 7.27. The Morgan fingerprint density at radius 3 is 2.67 bits per heavy atom. The smallest absolute Gasteiger partial charge is 0.246 e. The third-order valence-corrected chi connectivity index (χ3v) is 5.30. The van der Waals surface area contributed by atoms with Crippen LogP contribution in [0.2, 0.25) is 0 Å². The summed E-state index contributed by atoms with van der Waals surface area (Å²) in [6.07, 6.45) is 3.26. The van der Waals surface area contributed by atoms with E-state index < -0.39 is 5.82 Å². The van der Waals surface area contributed by atoms with Gasteiger partial charge in [-0.15, -0.1) is 5.10 Å². The zero-order chi connectivity index (χ0) is 20.7. The minimum Gasteiger partial charge on any atom is -0.323 e. The van der Waals surface area contributed by atoms with Crippen molar-refractivity contribution in [2.45, 2.75) is 32.2 Å². The predicted molar refractivity (Wildman–Crippen MR) is 107 cm³/mol. The van der Waals surface area contributed by atoms with E-state index in [1.165, 1.54) is 29.2 Å². The number of rotatable bonds is 4. The number of anilines is 2. The molecule has 30 heavy (non-hydrogen) atoms. The van der Waals surface area contributed by atoms with Crippen molar-refractivity contribution >= 4 is 11.6 Å². The lowest BCUT2D eigenvalue weighted by atomic mass is 9.91. The third-order valence-electron chi connectivity index (χ3n) is 5.30. The molecule has 1 atom stereocenters. The molecule has 4 aromatic rings. The molecule has 152 valence electrons. The molecule has 1 aliphatic rings. The summed E-state index contributed by atoms with van der Waals surface area (Å²) in [5, 5.41) is 11.6. The number of hydrogen-bond donors (Lipinski definition) is 1. The monoisotopic (exact) mass is 407 g/mol. The van der Waals surface area contributed by atoms with Crippen LogP contribution < -0.4 is 5.32 Å². The first-order valence-electron chi connectivity index (χ1n) is 9.72. The molecule has 0 amide bonds. The van der Waals surface area contributed by atoms with Crippen molar-refractivity contribution in [1.29, 1.82) is 0 Å². The maximum absolute atomic E-state index is 14.6. The fourth-order valence-electron chi connectivity index (χ4n) is 3.84. The Morgan fingerprint density at radius 2 is 1.93 bits per heavy atom. The van der Waals surface area contributed by atoms with Crippen molar-refractivity contribution in [3.63, 3.8) is 0 Å². The molecule has 0 aliphatic carbocycles. The van der Waals surface area contributed by atoms with Gasteiger partial charge in [0, 0.05) is 18.2 Å². The largest absolute Gasteiger partial charge is 0.323 e. The maximum atomic E-state index is 14.6. The Kier molecular flexibility index (Phi) is 4.50. The van der Waals surface area contributed by atoms with Crippen molar-refractivity contribution in [2.75, 3.05) is 5.32 Å². The van der Waals surface area contributed by atoms with E-state index in [4.69, 9.17) is 0 Å². The summed E-state index contributed by atoms with van der Waals surface area (Å²) in [6.45, 7) is 2.52. The third kappa shape index (κ3) is 3.32. The highest BCUT2D eigenvalue weighted by Gasteiger charge is 2.26. The number of fused-ring (bicyclic) bond motifs is 1. The molecule has 0 fully saturated rings. The number of benzene rings is 2. The summed E-state index contributed by atoms with van der Waals surface area (Å²) in [5.74, 6) is 1.20. The standard InChI is InChI=1S/C21H19F2N7/c1-13-24-12-25-30(13)19-9-8-16(11-18(19)23)26-21-27-20-17(3-2-10-29(20)28-21)14-4-6-15(22)7-5-14/h4-9,11-12,17H,2-3,10H2,1H3,(H,26,28). The summed E-state index contributed by atoms with van der Waals surface area (Å²) in [5.41, 5.74) is 1.87. The molecule has 7 nitrogen and oxygen atoms in total. The van der Waals surface area contributed by atoms with Crippen molar-refractivity contribution in [3.05, 3.63) is 77.6 Å². The summed E-state index contributed by atoms with van der Waals surface area (Å²) in [6, 6.07) is 11.3. The molecule has 3 heterocycles. The SMILES string of the molecule is Cc1ncnn1-c1ccc(Nc2nc3n(n2)CCCC3c2ccc(F)cc2)cc1F. The quantitative estimate of drug-likeness (QED) is 0.551. The molecule has 1 N–H and O–H groups in total. The highest BCUT2D eigenvalue weighted by molar-refractivity contribution is 5.56. The molecular weight excluding hydrogens is 388 g/mol. The predicted octanol–water partition coefficient (Wildman–Crippen LogP) is 4.11. The lowest BCUT2D eigenvalue weighted by Crippen LogP contribution is -2.17. The van der Waals surface area contributed by atoms with Crippen LogP contribution >= 0.6 is 0 Å². The fourth-order valence-corrected chi connectivity index (χ4v) is 3.84. The first-order chi connectivity index (χ1) is 14.6. The number of nitrogens with zero attached hydrogens (tertiary/aromatic N) is 6. The van der Waals surface area contributed by atoms with Gasteiger partial charge >= 0.3 is 0 Å². The fraction of sp³-hybridized carbons (Fsp3) is 0.238. The van der Waals surface area contributed by atoms with E-state index in [0.29, 0.717) is 23.1 Å². The average Bonchev–Trinajstić information content (AvgIpc) is 3.34. The summed E-state index contributed by atoms with van der Waals surface area (Å²) < 4.78 is 31.2. The molecule has 2 aromatic carbocycles. The zero-order valence-electron chi connectivity index (χ0n) is 16.3. The minimum absolute atomic E-state index is 0.0526. The van der Waals surface area contributed by atoms with Gasteiger partial charge in [0.1, 0.15) is 29.5 Å². The topological polar surface area (TPSA) is 73.5 Å². The number of aromatic nitrogens is 6. The van der Waals surface area contributed by atoms with Gasteiger partial charge in [0.2, 0.25) is 5.95 Å². The highest BCUT2D eigenvalue weighted by Crippen LogP contribution is 2.33. The van der Waals surface area contributed by atoms with Gasteiger partial charge in [-0.05, 0) is 55.7 Å². The first kappa shape index (κ1) is 18.4. The Balaban J connectivity index is 1.41. The second kappa shape index (κ2) is 7.33. The van der Waals surface area contributed by atoms with Gasteiger partial charge in [0.25, 0.3) is 0 Å². The van der Waals surface area contributed by atoms with Gasteiger partial charge < -0.3 is 5.32 Å². The van der Waals surface area contributed by atoms with Crippen molar-refractivity contribution in [2.24, 2.45) is 0 Å². The number of hydrogen-bond acceptors (Lipinski definition) is 5. The van der Waals surface area contributed by atoms with Crippen LogP contribution in [0.1, 0.15) is 36.0 Å². The van der Waals surface area contributed by atoms with Crippen LogP contribution in [0.3, 0.4) is 0 Å². The molecule has 2 aromatic heterocycles. The Bertz CT molecular complexity index is 1200. The molecular formula is C21H19F2N7. The molecule has 1 unspecified atom stereocenters. The van der Waals surface area contributed by atoms with Crippen LogP contribution in [-0.4, -0.2) is 29.5 Å². The van der Waals surface area contributed by atoms with Crippen molar-refractivity contribution in [3.8, 4) is 5.69 Å². The van der Waals surface area contributed by atoms with E-state index in [1.807, 2.05) is 4.68 Å². The highest BCUT2D eigenvalue weighted by atomic mass is 19.1. The Hall–Kier alpha value is -3.62. The van der Waals surface area contributed by atoms with Gasteiger partial charge in [-0.2, -0.15) is 10.1 Å². The van der Waals surface area contributed by atoms with Gasteiger partial charge in [-0.25, -0.2) is 23.1 Å². The van der Waals surface area contributed by atoms with Gasteiger partial charge in [0.05, 0.1) is 0 Å². The Morgan fingerprint density at radius 1 is 1.10 bits per heavy atom. The molecule has 0 saturated carbocycles. The van der Waals surface area contributed by atoms with E-state index in [9.17, 15) is 8.78 Å². The van der Waals surface area contributed by atoms with Crippen LogP contribution in [0.5, 0.6) is 0 Å². The summed E-state index contributed by atoms with van der Waals surface area (Å²) in [7, 11) is 0. The molecule has 5 rings (SSSR count). The van der Waals surface area contributed by atoms with Crippen LogP contribution in [0.25, 0.3) is 5.69 Å². The number of nitrogens with one attached hydrogen (secondary N) is 1. The summed E-state index contributed by atoms with van der Waals surface area (Å²) >= 11 is 0. The van der Waals surface area contributed by atoms with Crippen molar-refractivity contribution in [1.82, 2.24) is 29.5 Å². The normalized spacial score (nSPS) is 15.8. The lowest BCUT2D eigenvalue weighted by Gasteiger charge is -2.22. The summed E-state index contributed by atoms with van der Waals surface area (Å²) in [4.78, 5) is 8.66. The zero-order valence-corrected chi connectivity index (χ0v) is 16.3. The second-order valence-corrected chi connectivity index (χ2v) is 7.27. The number of aryl methyl sites for hydroxylation is 2. The van der Waals surface area contributed by atoms with Crippen LogP contribution in [-0.2, 0) is 6.54 Å². The van der Waals surface area contributed by atoms with Crippen LogP contribution in [0.4, 0.5) is 20.4 Å². The van der Waals surface area contributed by atoms with E-state index in [2.05, 4.69) is 25.5 Å². The number of halogens is 2. The van der Waals surface area contributed by atoms with E-state index >= 15 is 0 Å². The van der Waals surface area contributed by atoms with Gasteiger partial charge in [-0.3, -0.25) is 0 Å². The van der Waals surface area contributed by atoms with Crippen molar-refractivity contribution < 1.29 is 8.78 Å². The molecule has 9 heteroatoms. The van der Waals surface area contributed by atoms with Gasteiger partial charge in [0.15, 0.2) is 5.82 Å². The van der Waals surface area contributed by atoms with E-state index in [0.717, 1.165) is 30.8 Å².